The maximum absolute atomic E-state index is 11.2. The van der Waals surface area contributed by atoms with Crippen LogP contribution in [0.15, 0.2) is 22.7 Å². The highest BCUT2D eigenvalue weighted by Crippen LogP contribution is 2.31. The Bertz CT molecular complexity index is 399. The zero-order valence-corrected chi connectivity index (χ0v) is 11.7. The second-order valence-corrected chi connectivity index (χ2v) is 5.46. The van der Waals surface area contributed by atoms with Crippen LogP contribution in [0.2, 0.25) is 0 Å². The highest BCUT2D eigenvalue weighted by atomic mass is 79.9. The molecule has 0 aromatic heterocycles. The minimum Gasteiger partial charge on any atom is -0.368 e. The van der Waals surface area contributed by atoms with Crippen LogP contribution in [0.1, 0.15) is 43.0 Å². The third kappa shape index (κ3) is 2.71. The van der Waals surface area contributed by atoms with Gasteiger partial charge in [-0.2, -0.15) is 0 Å². The molecule has 17 heavy (non-hydrogen) atoms. The van der Waals surface area contributed by atoms with Crippen molar-refractivity contribution in [3.05, 3.63) is 28.2 Å². The van der Waals surface area contributed by atoms with Gasteiger partial charge in [-0.15, -0.1) is 0 Å². The zero-order valence-electron chi connectivity index (χ0n) is 10.2. The molecule has 0 spiro atoms. The summed E-state index contributed by atoms with van der Waals surface area (Å²) in [4.78, 5) is 13.5. The van der Waals surface area contributed by atoms with E-state index in [1.807, 2.05) is 12.1 Å². The number of carbonyl (C=O) groups is 1. The lowest BCUT2D eigenvalue weighted by atomic mass is 10.1. The number of anilines is 1. The summed E-state index contributed by atoms with van der Waals surface area (Å²) in [6, 6.07) is 6.58. The normalized spacial score (nSPS) is 16.1. The topological polar surface area (TPSA) is 20.3 Å². The van der Waals surface area contributed by atoms with Gasteiger partial charge in [-0.3, -0.25) is 4.79 Å². The number of halogens is 1. The average Bonchev–Trinajstić information content (AvgIpc) is 2.85. The predicted octanol–water partition coefficient (Wildman–Crippen LogP) is 4.03. The summed E-state index contributed by atoms with van der Waals surface area (Å²) >= 11 is 3.41. The van der Waals surface area contributed by atoms with Gasteiger partial charge in [0.1, 0.15) is 0 Å². The van der Waals surface area contributed by atoms with Crippen LogP contribution in [0, 0.1) is 0 Å². The molecule has 3 heteroatoms. The van der Waals surface area contributed by atoms with E-state index in [9.17, 15) is 4.79 Å². The zero-order chi connectivity index (χ0) is 12.3. The minimum atomic E-state index is 0.611. The molecule has 1 fully saturated rings. The van der Waals surface area contributed by atoms with E-state index in [-0.39, 0.29) is 0 Å². The average molecular weight is 296 g/mol. The van der Waals surface area contributed by atoms with Crippen molar-refractivity contribution < 1.29 is 4.79 Å². The van der Waals surface area contributed by atoms with Gasteiger partial charge in [0.05, 0.1) is 0 Å². The molecule has 2 nitrogen and oxygen atoms in total. The molecule has 92 valence electrons. The summed E-state index contributed by atoms with van der Waals surface area (Å²) in [7, 11) is 0. The lowest BCUT2D eigenvalue weighted by Crippen LogP contribution is -2.33. The highest BCUT2D eigenvalue weighted by Gasteiger charge is 2.23. The molecule has 1 aromatic carbocycles. The van der Waals surface area contributed by atoms with Crippen LogP contribution >= 0.6 is 15.9 Å². The summed E-state index contributed by atoms with van der Waals surface area (Å²) in [6.07, 6.45) is 6.09. The van der Waals surface area contributed by atoms with E-state index < -0.39 is 0 Å². The molecule has 0 heterocycles. The van der Waals surface area contributed by atoms with Gasteiger partial charge >= 0.3 is 0 Å². The Morgan fingerprint density at radius 2 is 2.12 bits per heavy atom. The van der Waals surface area contributed by atoms with Crippen LogP contribution < -0.4 is 4.90 Å². The van der Waals surface area contributed by atoms with E-state index in [1.54, 1.807) is 0 Å². The van der Waals surface area contributed by atoms with Crippen LogP contribution in [0.4, 0.5) is 5.69 Å². The fourth-order valence-corrected chi connectivity index (χ4v) is 3.10. The van der Waals surface area contributed by atoms with Gasteiger partial charge in [-0.05, 0) is 38.0 Å². The second kappa shape index (κ2) is 5.67. The van der Waals surface area contributed by atoms with Crippen molar-refractivity contribution in [3.63, 3.8) is 0 Å². The summed E-state index contributed by atoms with van der Waals surface area (Å²) in [5, 5.41) is 0. The van der Waals surface area contributed by atoms with Crippen molar-refractivity contribution in [2.75, 3.05) is 11.4 Å². The Labute approximate surface area is 111 Å². The Hall–Kier alpha value is -0.830. The number of aldehydes is 1. The molecule has 1 aliphatic carbocycles. The van der Waals surface area contributed by atoms with Crippen LogP contribution in [-0.2, 0) is 0 Å². The molecule has 0 radical (unpaired) electrons. The SMILES string of the molecule is CCN(c1ccc(Br)cc1C=O)C1CCCC1. The maximum Gasteiger partial charge on any atom is 0.152 e. The van der Waals surface area contributed by atoms with Gasteiger partial charge in [-0.1, -0.05) is 28.8 Å². The first-order valence-electron chi connectivity index (χ1n) is 6.27. The molecule has 1 saturated carbocycles. The monoisotopic (exact) mass is 295 g/mol. The predicted molar refractivity (Wildman–Crippen MR) is 74.8 cm³/mol. The van der Waals surface area contributed by atoms with Crippen LogP contribution in [0.25, 0.3) is 0 Å². The molecule has 0 aliphatic heterocycles. The maximum atomic E-state index is 11.2. The number of rotatable bonds is 4. The first-order chi connectivity index (χ1) is 8.26. The first-order valence-corrected chi connectivity index (χ1v) is 7.07. The molecular weight excluding hydrogens is 278 g/mol. The number of nitrogens with zero attached hydrogens (tertiary/aromatic N) is 1. The van der Waals surface area contributed by atoms with Gasteiger partial charge in [-0.25, -0.2) is 0 Å². The number of hydrogen-bond acceptors (Lipinski definition) is 2. The minimum absolute atomic E-state index is 0.611. The van der Waals surface area contributed by atoms with Crippen LogP contribution in [0.5, 0.6) is 0 Å². The standard InChI is InChI=1S/C14H18BrNO/c1-2-16(13-5-3-4-6-13)14-8-7-12(15)9-11(14)10-17/h7-10,13H,2-6H2,1H3. The Morgan fingerprint density at radius 1 is 1.41 bits per heavy atom. The van der Waals surface area contributed by atoms with E-state index in [1.165, 1.54) is 25.7 Å². The third-order valence-electron chi connectivity index (χ3n) is 3.53. The molecular formula is C14H18BrNO. The quantitative estimate of drug-likeness (QED) is 0.782. The van der Waals surface area contributed by atoms with Crippen LogP contribution in [0.3, 0.4) is 0 Å². The van der Waals surface area contributed by atoms with Crippen molar-refractivity contribution >= 4 is 27.9 Å². The number of hydrogen-bond donors (Lipinski definition) is 0. The summed E-state index contributed by atoms with van der Waals surface area (Å²) < 4.78 is 0.964. The van der Waals surface area contributed by atoms with Crippen molar-refractivity contribution in [3.8, 4) is 0 Å². The molecule has 1 aromatic rings. The molecule has 0 unspecified atom stereocenters. The van der Waals surface area contributed by atoms with Crippen molar-refractivity contribution in [2.24, 2.45) is 0 Å². The summed E-state index contributed by atoms with van der Waals surface area (Å²) in [5.74, 6) is 0. The Morgan fingerprint density at radius 3 is 2.71 bits per heavy atom. The number of benzene rings is 1. The van der Waals surface area contributed by atoms with E-state index in [2.05, 4.69) is 33.8 Å². The van der Waals surface area contributed by atoms with Gasteiger partial charge in [0.25, 0.3) is 0 Å². The van der Waals surface area contributed by atoms with Gasteiger partial charge < -0.3 is 4.90 Å². The Balaban J connectivity index is 2.32. The molecule has 0 bridgehead atoms. The van der Waals surface area contributed by atoms with Gasteiger partial charge in [0.2, 0.25) is 0 Å². The number of carbonyl (C=O) groups excluding carboxylic acids is 1. The van der Waals surface area contributed by atoms with Crippen molar-refractivity contribution in [2.45, 2.75) is 38.6 Å². The second-order valence-electron chi connectivity index (χ2n) is 4.55. The largest absolute Gasteiger partial charge is 0.368 e. The third-order valence-corrected chi connectivity index (χ3v) is 4.03. The van der Waals surface area contributed by atoms with E-state index >= 15 is 0 Å². The molecule has 0 atom stereocenters. The fraction of sp³-hybridized carbons (Fsp3) is 0.500. The van der Waals surface area contributed by atoms with Crippen LogP contribution in [-0.4, -0.2) is 18.9 Å². The van der Waals surface area contributed by atoms with Crippen molar-refractivity contribution in [1.82, 2.24) is 0 Å². The highest BCUT2D eigenvalue weighted by molar-refractivity contribution is 9.10. The first kappa shape index (κ1) is 12.6. The molecule has 0 saturated heterocycles. The molecule has 1 aliphatic rings. The van der Waals surface area contributed by atoms with Gasteiger partial charge in [0.15, 0.2) is 6.29 Å². The lowest BCUT2D eigenvalue weighted by Gasteiger charge is -2.31. The van der Waals surface area contributed by atoms with E-state index in [4.69, 9.17) is 0 Å². The molecule has 0 N–H and O–H groups in total. The van der Waals surface area contributed by atoms with Gasteiger partial charge in [0, 0.05) is 28.3 Å². The summed E-state index contributed by atoms with van der Waals surface area (Å²) in [5.41, 5.74) is 1.87. The lowest BCUT2D eigenvalue weighted by molar-refractivity contribution is 0.112. The fourth-order valence-electron chi connectivity index (χ4n) is 2.72. The Kier molecular flexibility index (Phi) is 4.21. The van der Waals surface area contributed by atoms with E-state index in [0.29, 0.717) is 6.04 Å². The smallest absolute Gasteiger partial charge is 0.152 e. The van der Waals surface area contributed by atoms with Crippen molar-refractivity contribution in [1.29, 1.82) is 0 Å². The molecule has 2 rings (SSSR count). The van der Waals surface area contributed by atoms with E-state index in [0.717, 1.165) is 28.6 Å². The molecule has 0 amide bonds. The summed E-state index contributed by atoms with van der Waals surface area (Å²) in [6.45, 7) is 3.13.